The third-order valence-electron chi connectivity index (χ3n) is 2.48. The molecule has 0 bridgehead atoms. The first-order valence-electron chi connectivity index (χ1n) is 5.37. The van der Waals surface area contributed by atoms with Crippen molar-refractivity contribution in [3.8, 4) is 0 Å². The van der Waals surface area contributed by atoms with Crippen LogP contribution in [0.4, 0.5) is 0 Å². The fraction of sp³-hybridized carbons (Fsp3) is 0.583. The van der Waals surface area contributed by atoms with Gasteiger partial charge in [0.15, 0.2) is 5.78 Å². The van der Waals surface area contributed by atoms with Gasteiger partial charge in [0.05, 0.1) is 6.61 Å². The molecule has 15 heavy (non-hydrogen) atoms. The first-order chi connectivity index (χ1) is 7.24. The van der Waals surface area contributed by atoms with E-state index in [9.17, 15) is 4.79 Å². The summed E-state index contributed by atoms with van der Waals surface area (Å²) in [5.74, 6) is 0.343. The molecule has 0 aromatic carbocycles. The molecule has 1 atom stereocenters. The molecule has 0 aliphatic carbocycles. The quantitative estimate of drug-likeness (QED) is 0.668. The zero-order chi connectivity index (χ0) is 11.1. The summed E-state index contributed by atoms with van der Waals surface area (Å²) in [6, 6.07) is 4.12. The lowest BCUT2D eigenvalue weighted by molar-refractivity contribution is -0.127. The lowest BCUT2D eigenvalue weighted by atomic mass is 10.1. The van der Waals surface area contributed by atoms with E-state index >= 15 is 0 Å². The number of carbonyl (C=O) groups excluding carboxylic acids is 1. The summed E-state index contributed by atoms with van der Waals surface area (Å²) in [5, 5.41) is 2.06. The summed E-state index contributed by atoms with van der Waals surface area (Å²) >= 11 is 1.73. The molecule has 1 aromatic rings. The maximum absolute atomic E-state index is 11.4. The molecule has 0 amide bonds. The molecule has 0 saturated heterocycles. The van der Waals surface area contributed by atoms with Gasteiger partial charge in [-0.25, -0.2) is 0 Å². The van der Waals surface area contributed by atoms with Crippen molar-refractivity contribution in [3.63, 3.8) is 0 Å². The minimum absolute atomic E-state index is 0.131. The standard InChI is InChI=1S/C12H18O2S/c1-3-10(2)12(13)9-14-7-6-11-5-4-8-15-11/h4-5,8,10H,3,6-7,9H2,1-2H3. The van der Waals surface area contributed by atoms with Gasteiger partial charge in [-0.05, 0) is 17.9 Å². The second-order valence-electron chi connectivity index (χ2n) is 3.66. The molecular weight excluding hydrogens is 208 g/mol. The van der Waals surface area contributed by atoms with Gasteiger partial charge < -0.3 is 4.74 Å². The van der Waals surface area contributed by atoms with Crippen LogP contribution in [0, 0.1) is 5.92 Å². The van der Waals surface area contributed by atoms with E-state index in [1.165, 1.54) is 4.88 Å². The van der Waals surface area contributed by atoms with Gasteiger partial charge in [-0.1, -0.05) is 19.9 Å². The molecule has 0 N–H and O–H groups in total. The highest BCUT2D eigenvalue weighted by molar-refractivity contribution is 7.09. The summed E-state index contributed by atoms with van der Waals surface area (Å²) in [4.78, 5) is 12.7. The molecule has 0 fully saturated rings. The highest BCUT2D eigenvalue weighted by Crippen LogP contribution is 2.09. The normalized spacial score (nSPS) is 12.7. The first-order valence-corrected chi connectivity index (χ1v) is 6.24. The van der Waals surface area contributed by atoms with Crippen LogP contribution in [0.2, 0.25) is 0 Å². The van der Waals surface area contributed by atoms with E-state index in [-0.39, 0.29) is 18.3 Å². The van der Waals surface area contributed by atoms with Crippen molar-refractivity contribution in [2.45, 2.75) is 26.7 Å². The SMILES string of the molecule is CCC(C)C(=O)COCCc1cccs1. The van der Waals surface area contributed by atoms with Crippen molar-refractivity contribution in [1.82, 2.24) is 0 Å². The molecule has 1 unspecified atom stereocenters. The number of ketones is 1. The van der Waals surface area contributed by atoms with E-state index in [2.05, 4.69) is 11.4 Å². The average molecular weight is 226 g/mol. The highest BCUT2D eigenvalue weighted by atomic mass is 32.1. The number of rotatable bonds is 7. The van der Waals surface area contributed by atoms with Crippen molar-refractivity contribution >= 4 is 17.1 Å². The number of ether oxygens (including phenoxy) is 1. The molecule has 1 rings (SSSR count). The molecule has 0 spiro atoms. The maximum atomic E-state index is 11.4. The molecule has 0 saturated carbocycles. The predicted octanol–water partition coefficient (Wildman–Crippen LogP) is 2.92. The zero-order valence-corrected chi connectivity index (χ0v) is 10.2. The van der Waals surface area contributed by atoms with Crippen molar-refractivity contribution in [3.05, 3.63) is 22.4 Å². The Morgan fingerprint density at radius 2 is 2.40 bits per heavy atom. The number of carbonyl (C=O) groups is 1. The van der Waals surface area contributed by atoms with Crippen LogP contribution in [0.1, 0.15) is 25.1 Å². The Kier molecular flexibility index (Phi) is 5.58. The van der Waals surface area contributed by atoms with Crippen LogP contribution in [0.15, 0.2) is 17.5 Å². The molecule has 84 valence electrons. The minimum atomic E-state index is 0.131. The largest absolute Gasteiger partial charge is 0.373 e. The summed E-state index contributed by atoms with van der Waals surface area (Å²) < 4.78 is 5.35. The zero-order valence-electron chi connectivity index (χ0n) is 9.36. The lowest BCUT2D eigenvalue weighted by Gasteiger charge is -2.07. The lowest BCUT2D eigenvalue weighted by Crippen LogP contribution is -2.17. The van der Waals surface area contributed by atoms with E-state index in [0.717, 1.165) is 12.8 Å². The molecule has 0 aliphatic heterocycles. The van der Waals surface area contributed by atoms with Crippen LogP contribution < -0.4 is 0 Å². The molecular formula is C12H18O2S. The molecule has 3 heteroatoms. The van der Waals surface area contributed by atoms with Crippen LogP contribution in [0.5, 0.6) is 0 Å². The second-order valence-corrected chi connectivity index (χ2v) is 4.69. The molecule has 1 aromatic heterocycles. The smallest absolute Gasteiger partial charge is 0.161 e. The number of thiophene rings is 1. The Balaban J connectivity index is 2.09. The van der Waals surface area contributed by atoms with E-state index < -0.39 is 0 Å². The predicted molar refractivity (Wildman–Crippen MR) is 63.3 cm³/mol. The Labute approximate surface area is 95.3 Å². The van der Waals surface area contributed by atoms with Gasteiger partial charge in [0.2, 0.25) is 0 Å². The van der Waals surface area contributed by atoms with Crippen LogP contribution >= 0.6 is 11.3 Å². The molecule has 2 nitrogen and oxygen atoms in total. The van der Waals surface area contributed by atoms with Crippen LogP contribution in [0.3, 0.4) is 0 Å². The van der Waals surface area contributed by atoms with Crippen LogP contribution in [-0.4, -0.2) is 19.0 Å². The Bertz CT molecular complexity index is 280. The highest BCUT2D eigenvalue weighted by Gasteiger charge is 2.09. The third kappa shape index (κ3) is 4.58. The van der Waals surface area contributed by atoms with Crippen molar-refractivity contribution in [2.24, 2.45) is 5.92 Å². The number of hydrogen-bond donors (Lipinski definition) is 0. The number of Topliss-reactive ketones (excluding diaryl/α,β-unsaturated/α-hetero) is 1. The van der Waals surface area contributed by atoms with Crippen molar-refractivity contribution < 1.29 is 9.53 Å². The second kappa shape index (κ2) is 6.75. The summed E-state index contributed by atoms with van der Waals surface area (Å²) in [7, 11) is 0. The van der Waals surface area contributed by atoms with Crippen LogP contribution in [0.25, 0.3) is 0 Å². The van der Waals surface area contributed by atoms with Gasteiger partial charge in [0.1, 0.15) is 6.61 Å². The maximum Gasteiger partial charge on any atom is 0.161 e. The van der Waals surface area contributed by atoms with E-state index in [0.29, 0.717) is 6.61 Å². The minimum Gasteiger partial charge on any atom is -0.373 e. The van der Waals surface area contributed by atoms with Crippen molar-refractivity contribution in [1.29, 1.82) is 0 Å². The van der Waals surface area contributed by atoms with E-state index in [4.69, 9.17) is 4.74 Å². The molecule has 1 heterocycles. The summed E-state index contributed by atoms with van der Waals surface area (Å²) in [6.45, 7) is 4.88. The van der Waals surface area contributed by atoms with Crippen molar-refractivity contribution in [2.75, 3.05) is 13.2 Å². The van der Waals surface area contributed by atoms with Gasteiger partial charge in [-0.2, -0.15) is 0 Å². The van der Waals surface area contributed by atoms with E-state index in [1.54, 1.807) is 11.3 Å². The Morgan fingerprint density at radius 1 is 1.60 bits per heavy atom. The average Bonchev–Trinajstić information content (AvgIpc) is 2.75. The monoisotopic (exact) mass is 226 g/mol. The van der Waals surface area contributed by atoms with Gasteiger partial charge in [-0.3, -0.25) is 4.79 Å². The fourth-order valence-electron chi connectivity index (χ4n) is 1.17. The Hall–Kier alpha value is -0.670. The van der Waals surface area contributed by atoms with E-state index in [1.807, 2.05) is 19.9 Å². The Morgan fingerprint density at radius 3 is 3.00 bits per heavy atom. The number of hydrogen-bond acceptors (Lipinski definition) is 3. The first kappa shape index (κ1) is 12.4. The summed E-state index contributed by atoms with van der Waals surface area (Å²) in [6.07, 6.45) is 1.80. The fourth-order valence-corrected chi connectivity index (χ4v) is 1.86. The topological polar surface area (TPSA) is 26.3 Å². The molecule has 0 aliphatic rings. The van der Waals surface area contributed by atoms with Gasteiger partial charge in [0, 0.05) is 17.2 Å². The summed E-state index contributed by atoms with van der Waals surface area (Å²) in [5.41, 5.74) is 0. The third-order valence-corrected chi connectivity index (χ3v) is 3.42. The van der Waals surface area contributed by atoms with Gasteiger partial charge in [0.25, 0.3) is 0 Å². The van der Waals surface area contributed by atoms with Crippen LogP contribution in [-0.2, 0) is 16.0 Å². The molecule has 0 radical (unpaired) electrons. The van der Waals surface area contributed by atoms with Gasteiger partial charge in [-0.15, -0.1) is 11.3 Å². The van der Waals surface area contributed by atoms with Gasteiger partial charge >= 0.3 is 0 Å².